The summed E-state index contributed by atoms with van der Waals surface area (Å²) < 4.78 is 5.21. The monoisotopic (exact) mass is 548 g/mol. The van der Waals surface area contributed by atoms with E-state index in [0.717, 1.165) is 33.6 Å². The molecule has 7 heteroatoms. The van der Waals surface area contributed by atoms with Gasteiger partial charge in [-0.2, -0.15) is 0 Å². The Bertz CT molecular complexity index is 1420. The number of hydrogen-bond acceptors (Lipinski definition) is 5. The van der Waals surface area contributed by atoms with Crippen LogP contribution in [0.1, 0.15) is 22.4 Å². The lowest BCUT2D eigenvalue weighted by Gasteiger charge is -2.33. The van der Waals surface area contributed by atoms with Crippen LogP contribution in [0.2, 0.25) is 0 Å². The highest BCUT2D eigenvalue weighted by Crippen LogP contribution is 2.21. The second-order valence-electron chi connectivity index (χ2n) is 9.90. The van der Waals surface area contributed by atoms with Gasteiger partial charge >= 0.3 is 0 Å². The SMILES string of the molecule is COCCN(C)C(=O)C(Cc1ccccc1)N(Cc1ccc(-c2ccccn2)cc1)C(=O)C=Cc1ccc(C)nc1. The van der Waals surface area contributed by atoms with Crippen molar-refractivity contribution in [2.45, 2.75) is 25.9 Å². The molecule has 0 radical (unpaired) electrons. The molecule has 0 aliphatic rings. The van der Waals surface area contributed by atoms with Gasteiger partial charge in [0.25, 0.3) is 0 Å². The number of rotatable bonds is 12. The van der Waals surface area contributed by atoms with E-state index in [1.54, 1.807) is 42.4 Å². The van der Waals surface area contributed by atoms with Crippen molar-refractivity contribution >= 4 is 17.9 Å². The minimum atomic E-state index is -0.719. The van der Waals surface area contributed by atoms with Gasteiger partial charge in [-0.25, -0.2) is 0 Å². The molecule has 0 aliphatic heterocycles. The number of aromatic nitrogens is 2. The summed E-state index contributed by atoms with van der Waals surface area (Å²) in [6.45, 7) is 3.01. The molecule has 4 rings (SSSR count). The van der Waals surface area contributed by atoms with E-state index in [4.69, 9.17) is 4.74 Å². The van der Waals surface area contributed by atoms with E-state index in [-0.39, 0.29) is 18.4 Å². The molecule has 2 aromatic carbocycles. The van der Waals surface area contributed by atoms with Crippen molar-refractivity contribution in [1.29, 1.82) is 0 Å². The maximum Gasteiger partial charge on any atom is 0.247 e. The van der Waals surface area contributed by atoms with Crippen LogP contribution in [0, 0.1) is 6.92 Å². The van der Waals surface area contributed by atoms with E-state index in [1.165, 1.54) is 6.08 Å². The number of carbonyl (C=O) groups excluding carboxylic acids is 2. The highest BCUT2D eigenvalue weighted by Gasteiger charge is 2.31. The number of pyridine rings is 2. The highest BCUT2D eigenvalue weighted by atomic mass is 16.5. The van der Waals surface area contributed by atoms with Crippen molar-refractivity contribution in [3.8, 4) is 11.3 Å². The first-order valence-electron chi connectivity index (χ1n) is 13.6. The Morgan fingerprint density at radius 2 is 1.66 bits per heavy atom. The number of ether oxygens (including phenoxy) is 1. The molecule has 2 heterocycles. The molecule has 0 N–H and O–H groups in total. The van der Waals surface area contributed by atoms with E-state index in [1.807, 2.05) is 91.9 Å². The number of nitrogens with zero attached hydrogens (tertiary/aromatic N) is 4. The molecule has 0 spiro atoms. The number of hydrogen-bond donors (Lipinski definition) is 0. The zero-order valence-electron chi connectivity index (χ0n) is 23.8. The van der Waals surface area contributed by atoms with Gasteiger partial charge in [-0.1, -0.05) is 66.7 Å². The van der Waals surface area contributed by atoms with Gasteiger partial charge in [-0.15, -0.1) is 0 Å². The molecule has 0 fully saturated rings. The topological polar surface area (TPSA) is 75.6 Å². The molecule has 2 aromatic heterocycles. The molecule has 1 unspecified atom stereocenters. The smallest absolute Gasteiger partial charge is 0.247 e. The first-order chi connectivity index (χ1) is 19.9. The van der Waals surface area contributed by atoms with Gasteiger partial charge in [0.15, 0.2) is 0 Å². The maximum absolute atomic E-state index is 13.9. The molecule has 4 aromatic rings. The average Bonchev–Trinajstić information content (AvgIpc) is 3.02. The van der Waals surface area contributed by atoms with E-state index in [0.29, 0.717) is 19.6 Å². The van der Waals surface area contributed by atoms with E-state index >= 15 is 0 Å². The summed E-state index contributed by atoms with van der Waals surface area (Å²) in [4.78, 5) is 39.8. The number of benzene rings is 2. The summed E-state index contributed by atoms with van der Waals surface area (Å²) in [6.07, 6.45) is 7.14. The standard InChI is InChI=1S/C34H36N4O3/c1-26-12-13-28(24-36-26)16-19-33(39)38(25-29-14-17-30(18-15-29)31-11-7-8-20-35-31)32(23-27-9-5-4-6-10-27)34(40)37(2)21-22-41-3/h4-20,24,32H,21-23,25H2,1-3H3. The van der Waals surface area contributed by atoms with Crippen LogP contribution in [0.25, 0.3) is 17.3 Å². The summed E-state index contributed by atoms with van der Waals surface area (Å²) in [5.41, 5.74) is 5.45. The van der Waals surface area contributed by atoms with Crippen molar-refractivity contribution in [2.24, 2.45) is 0 Å². The second kappa shape index (κ2) is 14.7. The minimum absolute atomic E-state index is 0.144. The summed E-state index contributed by atoms with van der Waals surface area (Å²) in [6, 6.07) is 26.6. The molecule has 0 saturated carbocycles. The van der Waals surface area contributed by atoms with Crippen LogP contribution < -0.4 is 0 Å². The molecule has 0 aliphatic carbocycles. The molecule has 7 nitrogen and oxygen atoms in total. The molecule has 0 bridgehead atoms. The number of likely N-dealkylation sites (N-methyl/N-ethyl adjacent to an activating group) is 1. The van der Waals surface area contributed by atoms with Crippen LogP contribution >= 0.6 is 0 Å². The van der Waals surface area contributed by atoms with Gasteiger partial charge in [-0.05, 0) is 47.9 Å². The molecule has 2 amide bonds. The average molecular weight is 549 g/mol. The maximum atomic E-state index is 13.9. The number of aryl methyl sites for hydroxylation is 1. The predicted molar refractivity (Wildman–Crippen MR) is 162 cm³/mol. The molecular weight excluding hydrogens is 512 g/mol. The number of methoxy groups -OCH3 is 1. The lowest BCUT2D eigenvalue weighted by molar-refractivity contribution is -0.143. The van der Waals surface area contributed by atoms with E-state index < -0.39 is 6.04 Å². The van der Waals surface area contributed by atoms with E-state index in [9.17, 15) is 9.59 Å². The third kappa shape index (κ3) is 8.43. The highest BCUT2D eigenvalue weighted by molar-refractivity contribution is 5.95. The number of amides is 2. The molecule has 1 atom stereocenters. The fourth-order valence-corrected chi connectivity index (χ4v) is 4.45. The van der Waals surface area contributed by atoms with Gasteiger partial charge in [0.1, 0.15) is 6.04 Å². The first-order valence-corrected chi connectivity index (χ1v) is 13.6. The first kappa shape index (κ1) is 29.4. The zero-order chi connectivity index (χ0) is 29.0. The molecule has 0 saturated heterocycles. The normalized spacial score (nSPS) is 11.8. The van der Waals surface area contributed by atoms with Crippen molar-refractivity contribution in [1.82, 2.24) is 19.8 Å². The summed E-state index contributed by atoms with van der Waals surface area (Å²) >= 11 is 0. The van der Waals surface area contributed by atoms with Gasteiger partial charge in [0, 0.05) is 63.4 Å². The van der Waals surface area contributed by atoms with E-state index in [2.05, 4.69) is 9.97 Å². The lowest BCUT2D eigenvalue weighted by Crippen LogP contribution is -2.51. The van der Waals surface area contributed by atoms with Gasteiger partial charge < -0.3 is 14.5 Å². The third-order valence-corrected chi connectivity index (χ3v) is 6.84. The van der Waals surface area contributed by atoms with Crippen molar-refractivity contribution < 1.29 is 14.3 Å². The van der Waals surface area contributed by atoms with Crippen LogP contribution in [0.15, 0.2) is 103 Å². The zero-order valence-corrected chi connectivity index (χ0v) is 23.8. The Morgan fingerprint density at radius 1 is 0.902 bits per heavy atom. The third-order valence-electron chi connectivity index (χ3n) is 6.84. The van der Waals surface area contributed by atoms with Crippen LogP contribution in [-0.4, -0.2) is 64.9 Å². The van der Waals surface area contributed by atoms with Crippen LogP contribution in [-0.2, 0) is 27.3 Å². The van der Waals surface area contributed by atoms with Crippen molar-refractivity contribution in [3.63, 3.8) is 0 Å². The van der Waals surface area contributed by atoms with Crippen molar-refractivity contribution in [3.05, 3.63) is 126 Å². The molecule has 41 heavy (non-hydrogen) atoms. The van der Waals surface area contributed by atoms with Crippen LogP contribution in [0.3, 0.4) is 0 Å². The number of carbonyl (C=O) groups is 2. The second-order valence-corrected chi connectivity index (χ2v) is 9.90. The van der Waals surface area contributed by atoms with Gasteiger partial charge in [0.2, 0.25) is 11.8 Å². The lowest BCUT2D eigenvalue weighted by atomic mass is 10.0. The Kier molecular flexibility index (Phi) is 10.5. The Balaban J connectivity index is 1.68. The fraction of sp³-hybridized carbons (Fsp3) is 0.235. The molecule has 210 valence electrons. The Morgan fingerprint density at radius 3 is 2.32 bits per heavy atom. The largest absolute Gasteiger partial charge is 0.383 e. The fourth-order valence-electron chi connectivity index (χ4n) is 4.45. The van der Waals surface area contributed by atoms with Gasteiger partial charge in [0.05, 0.1) is 12.3 Å². The van der Waals surface area contributed by atoms with Crippen LogP contribution in [0.5, 0.6) is 0 Å². The van der Waals surface area contributed by atoms with Crippen molar-refractivity contribution in [2.75, 3.05) is 27.3 Å². The quantitative estimate of drug-likeness (QED) is 0.227. The molecular formula is C34H36N4O3. The summed E-state index contributed by atoms with van der Waals surface area (Å²) in [7, 11) is 3.35. The summed E-state index contributed by atoms with van der Waals surface area (Å²) in [5.74, 6) is -0.399. The van der Waals surface area contributed by atoms with Gasteiger partial charge in [-0.3, -0.25) is 19.6 Å². The Hall–Kier alpha value is -4.62. The predicted octanol–water partition coefficient (Wildman–Crippen LogP) is 5.21. The minimum Gasteiger partial charge on any atom is -0.383 e. The summed E-state index contributed by atoms with van der Waals surface area (Å²) in [5, 5.41) is 0. The Labute approximate surface area is 242 Å². The van der Waals surface area contributed by atoms with Crippen LogP contribution in [0.4, 0.5) is 0 Å².